The molecule has 1 heterocycles. The smallest absolute Gasteiger partial charge is 0.191 e. The van der Waals surface area contributed by atoms with Gasteiger partial charge in [0.05, 0.1) is 4.34 Å². The van der Waals surface area contributed by atoms with Crippen LogP contribution in [0, 0.1) is 11.6 Å². The normalized spacial score (nSPS) is 11.1. The van der Waals surface area contributed by atoms with Crippen LogP contribution in [0.3, 0.4) is 0 Å². The van der Waals surface area contributed by atoms with Crippen LogP contribution in [-0.4, -0.2) is 6.04 Å². The molecule has 0 aliphatic carbocycles. The zero-order chi connectivity index (χ0) is 15.4. The Morgan fingerprint density at radius 3 is 2.43 bits per heavy atom. The molecule has 1 aromatic heterocycles. The Hall–Kier alpha value is -1.17. The predicted molar refractivity (Wildman–Crippen MR) is 82.0 cm³/mol. The Morgan fingerprint density at radius 2 is 1.90 bits per heavy atom. The zero-order valence-electron chi connectivity index (χ0n) is 11.8. The maximum Gasteiger partial charge on any atom is 0.191 e. The van der Waals surface area contributed by atoms with Gasteiger partial charge in [0.25, 0.3) is 0 Å². The van der Waals surface area contributed by atoms with Crippen molar-refractivity contribution in [1.29, 1.82) is 0 Å². The number of ether oxygens (including phenoxy) is 1. The van der Waals surface area contributed by atoms with Gasteiger partial charge in [-0.15, -0.1) is 11.3 Å². The Bertz CT molecular complexity index is 592. The molecule has 0 amide bonds. The second-order valence-corrected chi connectivity index (χ2v) is 6.72. The first kappa shape index (κ1) is 16.2. The molecular weight excluding hydrogens is 316 g/mol. The molecule has 1 aromatic carbocycles. The van der Waals surface area contributed by atoms with Crippen molar-refractivity contribution in [1.82, 2.24) is 5.32 Å². The summed E-state index contributed by atoms with van der Waals surface area (Å²) >= 11 is 7.11. The lowest BCUT2D eigenvalue weighted by Crippen LogP contribution is -2.22. The average Bonchev–Trinajstić information content (AvgIpc) is 2.81. The summed E-state index contributed by atoms with van der Waals surface area (Å²) in [6, 6.07) is 6.31. The third kappa shape index (κ3) is 4.66. The van der Waals surface area contributed by atoms with E-state index in [0.717, 1.165) is 4.88 Å². The van der Waals surface area contributed by atoms with Gasteiger partial charge in [-0.05, 0) is 29.8 Å². The summed E-state index contributed by atoms with van der Waals surface area (Å²) < 4.78 is 33.7. The van der Waals surface area contributed by atoms with Crippen LogP contribution in [0.2, 0.25) is 4.34 Å². The van der Waals surface area contributed by atoms with E-state index in [1.807, 2.05) is 13.8 Å². The predicted octanol–water partition coefficient (Wildman–Crippen LogP) is 4.76. The summed E-state index contributed by atoms with van der Waals surface area (Å²) in [5, 5.41) is 3.11. The average molecular weight is 332 g/mol. The molecule has 2 aromatic rings. The minimum absolute atomic E-state index is 0.0921. The molecule has 1 N–H and O–H groups in total. The van der Waals surface area contributed by atoms with Crippen LogP contribution in [-0.2, 0) is 13.2 Å². The maximum atomic E-state index is 13.9. The lowest BCUT2D eigenvalue weighted by molar-refractivity contribution is 0.276. The number of halogens is 3. The van der Waals surface area contributed by atoms with E-state index >= 15 is 0 Å². The number of hydrogen-bond acceptors (Lipinski definition) is 3. The highest BCUT2D eigenvalue weighted by Crippen LogP contribution is 2.27. The first-order chi connectivity index (χ1) is 9.95. The van der Waals surface area contributed by atoms with Crippen molar-refractivity contribution in [3.63, 3.8) is 0 Å². The summed E-state index contributed by atoms with van der Waals surface area (Å²) in [6.07, 6.45) is 0. The lowest BCUT2D eigenvalue weighted by atomic mass is 10.2. The van der Waals surface area contributed by atoms with Crippen LogP contribution < -0.4 is 10.1 Å². The van der Waals surface area contributed by atoms with Crippen molar-refractivity contribution in [2.45, 2.75) is 33.0 Å². The van der Waals surface area contributed by atoms with Gasteiger partial charge in [-0.1, -0.05) is 25.4 Å². The molecule has 0 spiro atoms. The van der Waals surface area contributed by atoms with Gasteiger partial charge in [0.1, 0.15) is 6.61 Å². The van der Waals surface area contributed by atoms with Gasteiger partial charge in [0, 0.05) is 17.5 Å². The quantitative estimate of drug-likeness (QED) is 0.824. The summed E-state index contributed by atoms with van der Waals surface area (Å²) in [5.41, 5.74) is 0.546. The third-order valence-electron chi connectivity index (χ3n) is 2.76. The van der Waals surface area contributed by atoms with Crippen LogP contribution in [0.4, 0.5) is 8.78 Å². The number of thiophene rings is 1. The highest BCUT2D eigenvalue weighted by molar-refractivity contribution is 7.16. The number of benzene rings is 1. The van der Waals surface area contributed by atoms with Gasteiger partial charge in [0.2, 0.25) is 0 Å². The fraction of sp³-hybridized carbons (Fsp3) is 0.333. The Kier molecular flexibility index (Phi) is 5.56. The largest absolute Gasteiger partial charge is 0.482 e. The minimum Gasteiger partial charge on any atom is -0.482 e. The first-order valence-electron chi connectivity index (χ1n) is 6.54. The van der Waals surface area contributed by atoms with Crippen LogP contribution in [0.15, 0.2) is 24.3 Å². The van der Waals surface area contributed by atoms with Gasteiger partial charge in [-0.2, -0.15) is 0 Å². The van der Waals surface area contributed by atoms with E-state index in [9.17, 15) is 8.78 Å². The van der Waals surface area contributed by atoms with Crippen LogP contribution in [0.1, 0.15) is 24.3 Å². The van der Waals surface area contributed by atoms with E-state index in [-0.39, 0.29) is 18.4 Å². The van der Waals surface area contributed by atoms with Crippen molar-refractivity contribution in [2.75, 3.05) is 0 Å². The van der Waals surface area contributed by atoms with Crippen molar-refractivity contribution in [3.05, 3.63) is 50.7 Å². The van der Waals surface area contributed by atoms with E-state index < -0.39 is 11.6 Å². The standard InChI is InChI=1S/C15H16ClF2NOS/c1-9(2)19-7-10-5-12(17)15(13(18)6-10)20-8-11-3-4-14(16)21-11/h3-6,9,19H,7-8H2,1-2H3. The van der Waals surface area contributed by atoms with Gasteiger partial charge in [0.15, 0.2) is 17.4 Å². The number of rotatable bonds is 6. The molecule has 6 heteroatoms. The van der Waals surface area contributed by atoms with E-state index in [0.29, 0.717) is 16.4 Å². The number of hydrogen-bond donors (Lipinski definition) is 1. The molecule has 21 heavy (non-hydrogen) atoms. The molecular formula is C15H16ClF2NOS. The second-order valence-electron chi connectivity index (χ2n) is 4.92. The summed E-state index contributed by atoms with van der Waals surface area (Å²) in [4.78, 5) is 0.810. The third-order valence-corrected chi connectivity index (χ3v) is 3.96. The molecule has 0 radical (unpaired) electrons. The van der Waals surface area contributed by atoms with E-state index in [4.69, 9.17) is 16.3 Å². The summed E-state index contributed by atoms with van der Waals surface area (Å²) in [5.74, 6) is -1.75. The van der Waals surface area contributed by atoms with E-state index in [2.05, 4.69) is 5.32 Å². The van der Waals surface area contributed by atoms with Gasteiger partial charge < -0.3 is 10.1 Å². The highest BCUT2D eigenvalue weighted by Gasteiger charge is 2.13. The van der Waals surface area contributed by atoms with Gasteiger partial charge in [-0.3, -0.25) is 0 Å². The SMILES string of the molecule is CC(C)NCc1cc(F)c(OCc2ccc(Cl)s2)c(F)c1. The van der Waals surface area contributed by atoms with Crippen molar-refractivity contribution in [3.8, 4) is 5.75 Å². The minimum atomic E-state index is -0.696. The summed E-state index contributed by atoms with van der Waals surface area (Å²) in [7, 11) is 0. The van der Waals surface area contributed by atoms with E-state index in [1.54, 1.807) is 12.1 Å². The monoisotopic (exact) mass is 331 g/mol. The van der Waals surface area contributed by atoms with E-state index in [1.165, 1.54) is 23.5 Å². The molecule has 0 saturated carbocycles. The summed E-state index contributed by atoms with van der Waals surface area (Å²) in [6.45, 7) is 4.44. The van der Waals surface area contributed by atoms with Gasteiger partial charge >= 0.3 is 0 Å². The molecule has 2 nitrogen and oxygen atoms in total. The molecule has 0 fully saturated rings. The molecule has 0 aliphatic heterocycles. The molecule has 0 aliphatic rings. The highest BCUT2D eigenvalue weighted by atomic mass is 35.5. The van der Waals surface area contributed by atoms with Crippen molar-refractivity contribution < 1.29 is 13.5 Å². The Labute approximate surface area is 131 Å². The maximum absolute atomic E-state index is 13.9. The topological polar surface area (TPSA) is 21.3 Å². The molecule has 114 valence electrons. The molecule has 2 rings (SSSR count). The molecule has 0 atom stereocenters. The molecule has 0 saturated heterocycles. The lowest BCUT2D eigenvalue weighted by Gasteiger charge is -2.11. The van der Waals surface area contributed by atoms with Crippen molar-refractivity contribution >= 4 is 22.9 Å². The zero-order valence-corrected chi connectivity index (χ0v) is 13.3. The van der Waals surface area contributed by atoms with Crippen LogP contribution in [0.25, 0.3) is 0 Å². The van der Waals surface area contributed by atoms with Crippen LogP contribution in [0.5, 0.6) is 5.75 Å². The Balaban J connectivity index is 2.06. The first-order valence-corrected chi connectivity index (χ1v) is 7.73. The van der Waals surface area contributed by atoms with Gasteiger partial charge in [-0.25, -0.2) is 8.78 Å². The molecule has 0 bridgehead atoms. The fourth-order valence-electron chi connectivity index (χ4n) is 1.75. The second kappa shape index (κ2) is 7.20. The van der Waals surface area contributed by atoms with Crippen LogP contribution >= 0.6 is 22.9 Å². The van der Waals surface area contributed by atoms with Crippen molar-refractivity contribution in [2.24, 2.45) is 0 Å². The number of nitrogens with one attached hydrogen (secondary N) is 1. The molecule has 0 unspecified atom stereocenters. The fourth-order valence-corrected chi connectivity index (χ4v) is 2.75. The Morgan fingerprint density at radius 1 is 1.24 bits per heavy atom.